The van der Waals surface area contributed by atoms with Gasteiger partial charge in [0.15, 0.2) is 0 Å². The van der Waals surface area contributed by atoms with Gasteiger partial charge < -0.3 is 19.2 Å². The van der Waals surface area contributed by atoms with Crippen molar-refractivity contribution >= 4 is 13.8 Å². The molecule has 9 heteroatoms. The van der Waals surface area contributed by atoms with Crippen molar-refractivity contribution in [1.29, 1.82) is 0 Å². The van der Waals surface area contributed by atoms with Crippen molar-refractivity contribution in [3.8, 4) is 0 Å². The molecule has 2 unspecified atom stereocenters. The number of rotatable bonds is 10. The predicted octanol–water partition coefficient (Wildman–Crippen LogP) is 0.140. The maximum absolute atomic E-state index is 11.6. The summed E-state index contributed by atoms with van der Waals surface area (Å²) in [5.74, 6) is -0.522. The van der Waals surface area contributed by atoms with Gasteiger partial charge in [0.2, 0.25) is 0 Å². The second-order valence-corrected chi connectivity index (χ2v) is 6.71. The van der Waals surface area contributed by atoms with E-state index < -0.39 is 33.1 Å². The van der Waals surface area contributed by atoms with Crippen molar-refractivity contribution in [3.63, 3.8) is 0 Å². The van der Waals surface area contributed by atoms with Crippen LogP contribution in [0.3, 0.4) is 0 Å². The molecule has 2 N–H and O–H groups in total. The summed E-state index contributed by atoms with van der Waals surface area (Å²) in [4.78, 5) is 20.5. The fourth-order valence-electron chi connectivity index (χ4n) is 1.04. The first-order chi connectivity index (χ1) is 9.09. The minimum Gasteiger partial charge on any atom is -0.457 e. The van der Waals surface area contributed by atoms with Gasteiger partial charge in [-0.2, -0.15) is 0 Å². The SMILES string of the molecule is CCC(=O)OC(CO)COP(=O)(O)OCC[N+](C)(C)C. The first-order valence-corrected chi connectivity index (χ1v) is 7.82. The number of nitrogens with zero attached hydrogens (tertiary/aromatic N) is 1. The Hall–Kier alpha value is -0.500. The molecule has 0 saturated heterocycles. The van der Waals surface area contributed by atoms with Crippen LogP contribution in [0.4, 0.5) is 0 Å². The maximum atomic E-state index is 11.6. The van der Waals surface area contributed by atoms with Crippen molar-refractivity contribution < 1.29 is 37.6 Å². The Bertz CT molecular complexity index is 342. The van der Waals surface area contributed by atoms with Crippen molar-refractivity contribution in [2.24, 2.45) is 0 Å². The van der Waals surface area contributed by atoms with Gasteiger partial charge in [-0.1, -0.05) is 6.92 Å². The van der Waals surface area contributed by atoms with Crippen LogP contribution < -0.4 is 0 Å². The predicted molar refractivity (Wildman–Crippen MR) is 71.9 cm³/mol. The lowest BCUT2D eigenvalue weighted by molar-refractivity contribution is -0.870. The molecule has 8 nitrogen and oxygen atoms in total. The lowest BCUT2D eigenvalue weighted by Crippen LogP contribution is -2.37. The summed E-state index contributed by atoms with van der Waals surface area (Å²) >= 11 is 0. The van der Waals surface area contributed by atoms with Gasteiger partial charge in [-0.15, -0.1) is 0 Å². The zero-order chi connectivity index (χ0) is 15.8. The molecule has 0 amide bonds. The standard InChI is InChI=1S/C11H24NO7P/c1-5-11(14)19-10(8-13)9-18-20(15,16)17-7-6-12(2,3)4/h10,13H,5-9H2,1-4H3/p+1. The van der Waals surface area contributed by atoms with Crippen molar-refractivity contribution in [2.45, 2.75) is 19.4 Å². The van der Waals surface area contributed by atoms with Crippen molar-refractivity contribution in [3.05, 3.63) is 0 Å². The maximum Gasteiger partial charge on any atom is 0.472 e. The molecule has 0 heterocycles. The molecular weight excluding hydrogens is 289 g/mol. The van der Waals surface area contributed by atoms with E-state index >= 15 is 0 Å². The van der Waals surface area contributed by atoms with Crippen LogP contribution >= 0.6 is 7.82 Å². The third kappa shape index (κ3) is 10.3. The lowest BCUT2D eigenvalue weighted by Gasteiger charge is -2.24. The van der Waals surface area contributed by atoms with Crippen LogP contribution in [-0.2, 0) is 23.1 Å². The van der Waals surface area contributed by atoms with Crippen LogP contribution in [0.5, 0.6) is 0 Å². The van der Waals surface area contributed by atoms with Crippen LogP contribution in [0.15, 0.2) is 0 Å². The van der Waals surface area contributed by atoms with E-state index in [9.17, 15) is 14.3 Å². The fourth-order valence-corrected chi connectivity index (χ4v) is 1.78. The fraction of sp³-hybridized carbons (Fsp3) is 0.909. The lowest BCUT2D eigenvalue weighted by atomic mass is 10.4. The van der Waals surface area contributed by atoms with E-state index in [0.29, 0.717) is 11.0 Å². The summed E-state index contributed by atoms with van der Waals surface area (Å²) in [5.41, 5.74) is 0. The zero-order valence-corrected chi connectivity index (χ0v) is 13.3. The summed E-state index contributed by atoms with van der Waals surface area (Å²) in [7, 11) is 1.54. The third-order valence-corrected chi connectivity index (χ3v) is 3.21. The first-order valence-electron chi connectivity index (χ1n) is 6.32. The van der Waals surface area contributed by atoms with Crippen LogP contribution in [0.25, 0.3) is 0 Å². The number of hydrogen-bond acceptors (Lipinski definition) is 6. The van der Waals surface area contributed by atoms with Gasteiger partial charge in [-0.3, -0.25) is 13.8 Å². The Morgan fingerprint density at radius 2 is 1.90 bits per heavy atom. The number of phosphoric ester groups is 1. The number of likely N-dealkylation sites (N-methyl/N-ethyl adjacent to an activating group) is 1. The van der Waals surface area contributed by atoms with E-state index in [0.717, 1.165) is 0 Å². The summed E-state index contributed by atoms with van der Waals surface area (Å²) < 4.78 is 26.4. The molecule has 0 rings (SSSR count). The Balaban J connectivity index is 4.12. The van der Waals surface area contributed by atoms with E-state index in [-0.39, 0.29) is 13.0 Å². The summed E-state index contributed by atoms with van der Waals surface area (Å²) in [6.45, 7) is 1.28. The number of esters is 1. The molecule has 0 saturated carbocycles. The van der Waals surface area contributed by atoms with Gasteiger partial charge in [0.25, 0.3) is 0 Å². The van der Waals surface area contributed by atoms with E-state index in [1.165, 1.54) is 0 Å². The number of phosphoric acid groups is 1. The van der Waals surface area contributed by atoms with E-state index in [1.54, 1.807) is 6.92 Å². The van der Waals surface area contributed by atoms with E-state index in [2.05, 4.69) is 4.52 Å². The smallest absolute Gasteiger partial charge is 0.457 e. The highest BCUT2D eigenvalue weighted by atomic mass is 31.2. The molecular formula is C11H25NO7P+. The molecule has 0 spiro atoms. The largest absolute Gasteiger partial charge is 0.472 e. The molecule has 2 atom stereocenters. The molecule has 0 aromatic rings. The second kappa shape index (κ2) is 8.71. The second-order valence-electron chi connectivity index (χ2n) is 5.26. The molecule has 120 valence electrons. The molecule has 0 aliphatic carbocycles. The van der Waals surface area contributed by atoms with Crippen LogP contribution in [0.2, 0.25) is 0 Å². The monoisotopic (exact) mass is 314 g/mol. The molecule has 0 fully saturated rings. The average molecular weight is 314 g/mol. The van der Waals surface area contributed by atoms with Gasteiger partial charge in [0.05, 0.1) is 34.4 Å². The van der Waals surface area contributed by atoms with Crippen LogP contribution in [-0.4, -0.2) is 74.1 Å². The minimum absolute atomic E-state index is 0.0514. The summed E-state index contributed by atoms with van der Waals surface area (Å²) in [5, 5.41) is 8.98. The topological polar surface area (TPSA) is 102 Å². The minimum atomic E-state index is -4.21. The van der Waals surface area contributed by atoms with Gasteiger partial charge in [0.1, 0.15) is 19.3 Å². The molecule has 0 radical (unpaired) electrons. The Morgan fingerprint density at radius 1 is 1.30 bits per heavy atom. The number of hydrogen-bond donors (Lipinski definition) is 2. The molecule has 0 bridgehead atoms. The van der Waals surface area contributed by atoms with Gasteiger partial charge in [-0.25, -0.2) is 4.57 Å². The normalized spacial score (nSPS) is 16.5. The molecule has 0 aliphatic heterocycles. The van der Waals surface area contributed by atoms with Crippen LogP contribution in [0, 0.1) is 0 Å². The third-order valence-electron chi connectivity index (χ3n) is 2.23. The quantitative estimate of drug-likeness (QED) is 0.336. The highest BCUT2D eigenvalue weighted by molar-refractivity contribution is 7.47. The first kappa shape index (κ1) is 19.5. The Morgan fingerprint density at radius 3 is 2.35 bits per heavy atom. The number of quaternary nitrogens is 1. The van der Waals surface area contributed by atoms with E-state index in [4.69, 9.17) is 14.4 Å². The van der Waals surface area contributed by atoms with Gasteiger partial charge in [-0.05, 0) is 0 Å². The number of aliphatic hydroxyl groups excluding tert-OH is 1. The van der Waals surface area contributed by atoms with Gasteiger partial charge in [0, 0.05) is 6.42 Å². The molecule has 0 aromatic carbocycles. The average Bonchev–Trinajstić information content (AvgIpc) is 2.32. The molecule has 20 heavy (non-hydrogen) atoms. The Labute approximate surface area is 119 Å². The van der Waals surface area contributed by atoms with Crippen molar-refractivity contribution in [1.82, 2.24) is 0 Å². The highest BCUT2D eigenvalue weighted by Crippen LogP contribution is 2.43. The summed E-state index contributed by atoms with van der Waals surface area (Å²) in [6.07, 6.45) is -0.835. The number of carbonyl (C=O) groups excluding carboxylic acids is 1. The van der Waals surface area contributed by atoms with E-state index in [1.807, 2.05) is 21.1 Å². The molecule has 0 aliphatic rings. The number of ether oxygens (including phenoxy) is 1. The molecule has 0 aromatic heterocycles. The number of carbonyl (C=O) groups is 1. The Kier molecular flexibility index (Phi) is 8.50. The summed E-state index contributed by atoms with van der Waals surface area (Å²) in [6, 6.07) is 0. The van der Waals surface area contributed by atoms with Crippen molar-refractivity contribution in [2.75, 3.05) is 47.5 Å². The van der Waals surface area contributed by atoms with Gasteiger partial charge >= 0.3 is 13.8 Å². The zero-order valence-electron chi connectivity index (χ0n) is 12.4. The van der Waals surface area contributed by atoms with Crippen LogP contribution in [0.1, 0.15) is 13.3 Å². The highest BCUT2D eigenvalue weighted by Gasteiger charge is 2.25. The number of aliphatic hydroxyl groups is 1.